The van der Waals surface area contributed by atoms with Crippen molar-refractivity contribution in [1.29, 1.82) is 0 Å². The van der Waals surface area contributed by atoms with Crippen LogP contribution in [0.4, 0.5) is 0 Å². The van der Waals surface area contributed by atoms with Crippen molar-refractivity contribution in [3.63, 3.8) is 0 Å². The largest absolute Gasteiger partial charge is 0.345 e. The van der Waals surface area contributed by atoms with Gasteiger partial charge >= 0.3 is 0 Å². The molecule has 1 aromatic carbocycles. The van der Waals surface area contributed by atoms with Crippen LogP contribution >= 0.6 is 0 Å². The minimum Gasteiger partial charge on any atom is -0.345 e. The third kappa shape index (κ3) is 5.43. The Balaban J connectivity index is 2.47. The van der Waals surface area contributed by atoms with E-state index in [-0.39, 0.29) is 11.3 Å². The van der Waals surface area contributed by atoms with Crippen molar-refractivity contribution in [1.82, 2.24) is 4.90 Å². The minimum absolute atomic E-state index is 0.116. The lowest BCUT2D eigenvalue weighted by molar-refractivity contribution is -0.131. The number of aryl methyl sites for hydroxylation is 1. The molecule has 0 saturated heterocycles. The third-order valence-electron chi connectivity index (χ3n) is 3.43. The lowest BCUT2D eigenvalue weighted by Gasteiger charge is -2.25. The molecule has 2 N–H and O–H groups in total. The fraction of sp³-hybridized carbons (Fsp3) is 0.562. The normalized spacial score (nSPS) is 11.4. The molecule has 3 nitrogen and oxygen atoms in total. The maximum Gasteiger partial charge on any atom is 0.222 e. The first-order valence-electron chi connectivity index (χ1n) is 6.84. The predicted molar refractivity (Wildman–Crippen MR) is 80.0 cm³/mol. The van der Waals surface area contributed by atoms with Crippen LogP contribution in [0.5, 0.6) is 0 Å². The summed E-state index contributed by atoms with van der Waals surface area (Å²) < 4.78 is 0. The lowest BCUT2D eigenvalue weighted by atomic mass is 9.89. The first kappa shape index (κ1) is 15.7. The molecule has 0 radical (unpaired) electrons. The van der Waals surface area contributed by atoms with Crippen molar-refractivity contribution >= 4 is 5.91 Å². The molecular formula is C16H26N2O. The molecule has 0 aliphatic carbocycles. The number of likely N-dealkylation sites (N-methyl/N-ethyl adjacent to an activating group) is 1. The van der Waals surface area contributed by atoms with E-state index in [1.165, 1.54) is 11.1 Å². The van der Waals surface area contributed by atoms with Crippen molar-refractivity contribution in [2.45, 2.75) is 33.6 Å². The van der Waals surface area contributed by atoms with E-state index in [2.05, 4.69) is 31.2 Å². The molecule has 106 valence electrons. The number of nitrogens with zero attached hydrogens (tertiary/aromatic N) is 1. The number of benzene rings is 1. The number of hydrogen-bond acceptors (Lipinski definition) is 2. The molecule has 0 fully saturated rings. The SMILES string of the molecule is Cc1cccc(CCN(C)C(=O)CC(C)(C)CN)c1. The van der Waals surface area contributed by atoms with Crippen molar-refractivity contribution in [3.8, 4) is 0 Å². The minimum atomic E-state index is -0.116. The van der Waals surface area contributed by atoms with Gasteiger partial charge in [-0.1, -0.05) is 43.7 Å². The Labute approximate surface area is 116 Å². The fourth-order valence-electron chi connectivity index (χ4n) is 1.91. The topological polar surface area (TPSA) is 46.3 Å². The highest BCUT2D eigenvalue weighted by Gasteiger charge is 2.22. The summed E-state index contributed by atoms with van der Waals surface area (Å²) in [5.41, 5.74) is 8.08. The van der Waals surface area contributed by atoms with Gasteiger partial charge in [-0.3, -0.25) is 4.79 Å². The molecule has 0 aliphatic rings. The van der Waals surface area contributed by atoms with Gasteiger partial charge in [-0.2, -0.15) is 0 Å². The number of carbonyl (C=O) groups is 1. The molecule has 0 saturated carbocycles. The molecular weight excluding hydrogens is 236 g/mol. The Hall–Kier alpha value is -1.35. The number of hydrogen-bond donors (Lipinski definition) is 1. The Morgan fingerprint density at radius 1 is 1.37 bits per heavy atom. The predicted octanol–water partition coefficient (Wildman–Crippen LogP) is 2.37. The van der Waals surface area contributed by atoms with E-state index in [0.717, 1.165) is 13.0 Å². The summed E-state index contributed by atoms with van der Waals surface area (Å²) in [5, 5.41) is 0. The van der Waals surface area contributed by atoms with Gasteiger partial charge in [-0.05, 0) is 30.9 Å². The van der Waals surface area contributed by atoms with Crippen LogP contribution in [0.2, 0.25) is 0 Å². The van der Waals surface area contributed by atoms with E-state index < -0.39 is 0 Å². The second-order valence-corrected chi connectivity index (χ2v) is 6.10. The standard InChI is InChI=1S/C16H26N2O/c1-13-6-5-7-14(10-13)8-9-18(4)15(19)11-16(2,3)12-17/h5-7,10H,8-9,11-12,17H2,1-4H3. The molecule has 0 unspecified atom stereocenters. The van der Waals surface area contributed by atoms with Gasteiger partial charge < -0.3 is 10.6 Å². The van der Waals surface area contributed by atoms with Crippen LogP contribution in [-0.2, 0) is 11.2 Å². The molecule has 1 rings (SSSR count). The average Bonchev–Trinajstić information content (AvgIpc) is 2.35. The van der Waals surface area contributed by atoms with Crippen LogP contribution in [0.1, 0.15) is 31.4 Å². The van der Waals surface area contributed by atoms with Crippen LogP contribution < -0.4 is 5.73 Å². The average molecular weight is 262 g/mol. The Morgan fingerprint density at radius 2 is 2.05 bits per heavy atom. The zero-order valence-electron chi connectivity index (χ0n) is 12.6. The maximum absolute atomic E-state index is 12.1. The molecule has 1 aromatic rings. The number of amides is 1. The molecule has 3 heteroatoms. The highest BCUT2D eigenvalue weighted by atomic mass is 16.2. The van der Waals surface area contributed by atoms with Crippen molar-refractivity contribution in [2.24, 2.45) is 11.1 Å². The van der Waals surface area contributed by atoms with Crippen LogP contribution in [0.15, 0.2) is 24.3 Å². The molecule has 0 bridgehead atoms. The zero-order chi connectivity index (χ0) is 14.5. The summed E-state index contributed by atoms with van der Waals surface area (Å²) in [7, 11) is 1.87. The first-order chi connectivity index (χ1) is 8.84. The van der Waals surface area contributed by atoms with Crippen LogP contribution in [0.25, 0.3) is 0 Å². The van der Waals surface area contributed by atoms with E-state index in [0.29, 0.717) is 13.0 Å². The molecule has 19 heavy (non-hydrogen) atoms. The third-order valence-corrected chi connectivity index (χ3v) is 3.43. The second-order valence-electron chi connectivity index (χ2n) is 6.10. The highest BCUT2D eigenvalue weighted by molar-refractivity contribution is 5.76. The zero-order valence-corrected chi connectivity index (χ0v) is 12.6. The summed E-state index contributed by atoms with van der Waals surface area (Å²) in [6.07, 6.45) is 1.40. The van der Waals surface area contributed by atoms with Gasteiger partial charge in [0.1, 0.15) is 0 Å². The van der Waals surface area contributed by atoms with Crippen LogP contribution in [0, 0.1) is 12.3 Å². The van der Waals surface area contributed by atoms with Gasteiger partial charge in [0.05, 0.1) is 0 Å². The number of rotatable bonds is 6. The Kier molecular flexibility index (Phi) is 5.55. The van der Waals surface area contributed by atoms with E-state index in [9.17, 15) is 4.79 Å². The van der Waals surface area contributed by atoms with Gasteiger partial charge in [0.2, 0.25) is 5.91 Å². The first-order valence-corrected chi connectivity index (χ1v) is 6.84. The molecule has 0 heterocycles. The molecule has 0 aromatic heterocycles. The maximum atomic E-state index is 12.1. The summed E-state index contributed by atoms with van der Waals surface area (Å²) in [5.74, 6) is 0.170. The second kappa shape index (κ2) is 6.71. The Morgan fingerprint density at radius 3 is 2.63 bits per heavy atom. The summed E-state index contributed by atoms with van der Waals surface area (Å²) >= 11 is 0. The van der Waals surface area contributed by atoms with E-state index in [1.807, 2.05) is 20.9 Å². The lowest BCUT2D eigenvalue weighted by Crippen LogP contribution is -2.35. The van der Waals surface area contributed by atoms with E-state index in [4.69, 9.17) is 5.73 Å². The summed E-state index contributed by atoms with van der Waals surface area (Å²) in [6.45, 7) is 7.42. The molecule has 1 amide bonds. The number of carbonyl (C=O) groups excluding carboxylic acids is 1. The van der Waals surface area contributed by atoms with Gasteiger partial charge in [-0.15, -0.1) is 0 Å². The highest BCUT2D eigenvalue weighted by Crippen LogP contribution is 2.19. The number of nitrogens with two attached hydrogens (primary N) is 1. The van der Waals surface area contributed by atoms with Crippen LogP contribution in [0.3, 0.4) is 0 Å². The van der Waals surface area contributed by atoms with E-state index in [1.54, 1.807) is 4.90 Å². The Bertz CT molecular complexity index is 427. The van der Waals surface area contributed by atoms with Gasteiger partial charge in [0.15, 0.2) is 0 Å². The van der Waals surface area contributed by atoms with Gasteiger partial charge in [0, 0.05) is 20.0 Å². The van der Waals surface area contributed by atoms with Crippen molar-refractivity contribution in [3.05, 3.63) is 35.4 Å². The smallest absolute Gasteiger partial charge is 0.222 e. The van der Waals surface area contributed by atoms with E-state index >= 15 is 0 Å². The summed E-state index contributed by atoms with van der Waals surface area (Å²) in [6, 6.07) is 8.42. The van der Waals surface area contributed by atoms with Gasteiger partial charge in [-0.25, -0.2) is 0 Å². The summed E-state index contributed by atoms with van der Waals surface area (Å²) in [4.78, 5) is 13.9. The molecule has 0 spiro atoms. The molecule has 0 atom stereocenters. The van der Waals surface area contributed by atoms with Crippen molar-refractivity contribution in [2.75, 3.05) is 20.1 Å². The monoisotopic (exact) mass is 262 g/mol. The van der Waals surface area contributed by atoms with Gasteiger partial charge in [0.25, 0.3) is 0 Å². The quantitative estimate of drug-likeness (QED) is 0.855. The van der Waals surface area contributed by atoms with Crippen molar-refractivity contribution < 1.29 is 4.79 Å². The molecule has 0 aliphatic heterocycles. The fourth-order valence-corrected chi connectivity index (χ4v) is 1.91. The van der Waals surface area contributed by atoms with Crippen LogP contribution in [-0.4, -0.2) is 30.9 Å².